The first-order valence-corrected chi connectivity index (χ1v) is 6.71. The number of epoxide rings is 1. The number of hydrogen-bond acceptors (Lipinski definition) is 4. The average Bonchev–Trinajstić information content (AvgIpc) is 2.92. The van der Waals surface area contributed by atoms with Gasteiger partial charge in [-0.3, -0.25) is 4.79 Å². The third kappa shape index (κ3) is 5.19. The fourth-order valence-corrected chi connectivity index (χ4v) is 1.77. The normalized spacial score (nSPS) is 23.9. The lowest BCUT2D eigenvalue weighted by atomic mass is 9.93. The Balaban J connectivity index is 2.64. The maximum absolute atomic E-state index is 12.3. The molecule has 0 bridgehead atoms. The van der Waals surface area contributed by atoms with E-state index in [0.717, 1.165) is 0 Å². The van der Waals surface area contributed by atoms with Gasteiger partial charge in [-0.25, -0.2) is 4.79 Å². The standard InChI is InChI=1S/C14H25NO4/c1-9(2)7-10(11(16)14(6)8-18-14)15-12(17)19-13(3,4)5/h9-10H,7-8H2,1-6H3,(H,15,17)/t10-,14-/m0/s1. The number of amides is 1. The predicted octanol–water partition coefficient (Wildman–Crippen LogP) is 2.28. The van der Waals surface area contributed by atoms with Crippen LogP contribution in [0.15, 0.2) is 0 Å². The summed E-state index contributed by atoms with van der Waals surface area (Å²) >= 11 is 0. The molecule has 1 rings (SSSR count). The monoisotopic (exact) mass is 271 g/mol. The van der Waals surface area contributed by atoms with Gasteiger partial charge in [-0.15, -0.1) is 0 Å². The Bertz CT molecular complexity index is 353. The Morgan fingerprint density at radius 1 is 1.37 bits per heavy atom. The number of nitrogens with one attached hydrogen (secondary N) is 1. The second kappa shape index (κ2) is 5.49. The molecule has 110 valence electrons. The van der Waals surface area contributed by atoms with Crippen molar-refractivity contribution < 1.29 is 19.1 Å². The van der Waals surface area contributed by atoms with Crippen LogP contribution in [0.1, 0.15) is 48.0 Å². The molecule has 1 N–H and O–H groups in total. The molecule has 1 amide bonds. The first-order chi connectivity index (χ1) is 8.53. The topological polar surface area (TPSA) is 67.9 Å². The molecule has 1 fully saturated rings. The second-order valence-corrected chi connectivity index (χ2v) is 6.71. The highest BCUT2D eigenvalue weighted by Crippen LogP contribution is 2.29. The van der Waals surface area contributed by atoms with Gasteiger partial charge in [0.05, 0.1) is 12.6 Å². The highest BCUT2D eigenvalue weighted by Gasteiger charge is 2.50. The third-order valence-electron chi connectivity index (χ3n) is 2.81. The lowest BCUT2D eigenvalue weighted by Crippen LogP contribution is -2.48. The molecule has 0 aromatic heterocycles. The number of Topliss-reactive ketones (excluding diaryl/α,β-unsaturated/α-hetero) is 1. The molecule has 1 aliphatic heterocycles. The smallest absolute Gasteiger partial charge is 0.408 e. The van der Waals surface area contributed by atoms with Crippen LogP contribution in [0.2, 0.25) is 0 Å². The van der Waals surface area contributed by atoms with E-state index in [9.17, 15) is 9.59 Å². The average molecular weight is 271 g/mol. The van der Waals surface area contributed by atoms with Crippen LogP contribution in [0.5, 0.6) is 0 Å². The number of ether oxygens (including phenoxy) is 2. The lowest BCUT2D eigenvalue weighted by Gasteiger charge is -2.24. The number of ketones is 1. The molecule has 2 atom stereocenters. The first-order valence-electron chi connectivity index (χ1n) is 6.71. The van der Waals surface area contributed by atoms with Crippen molar-refractivity contribution in [3.63, 3.8) is 0 Å². The van der Waals surface area contributed by atoms with Crippen molar-refractivity contribution >= 4 is 11.9 Å². The summed E-state index contributed by atoms with van der Waals surface area (Å²) in [5.41, 5.74) is -1.30. The summed E-state index contributed by atoms with van der Waals surface area (Å²) in [4.78, 5) is 24.0. The van der Waals surface area contributed by atoms with E-state index in [1.54, 1.807) is 27.7 Å². The Labute approximate surface area is 115 Å². The lowest BCUT2D eigenvalue weighted by molar-refractivity contribution is -0.126. The van der Waals surface area contributed by atoms with Gasteiger partial charge in [-0.2, -0.15) is 0 Å². The molecule has 0 spiro atoms. The van der Waals surface area contributed by atoms with Crippen molar-refractivity contribution in [3.05, 3.63) is 0 Å². The summed E-state index contributed by atoms with van der Waals surface area (Å²) in [5, 5.41) is 2.66. The Hall–Kier alpha value is -1.10. The summed E-state index contributed by atoms with van der Waals surface area (Å²) < 4.78 is 10.4. The zero-order chi connectivity index (χ0) is 14.8. The fraction of sp³-hybridized carbons (Fsp3) is 0.857. The number of alkyl carbamates (subject to hydrolysis) is 1. The highest BCUT2D eigenvalue weighted by atomic mass is 16.6. The fourth-order valence-electron chi connectivity index (χ4n) is 1.77. The molecule has 1 heterocycles. The number of hydrogen-bond donors (Lipinski definition) is 1. The van der Waals surface area contributed by atoms with Crippen molar-refractivity contribution in [2.45, 2.75) is 65.2 Å². The number of carbonyl (C=O) groups is 2. The van der Waals surface area contributed by atoms with Gasteiger partial charge in [0.25, 0.3) is 0 Å². The van der Waals surface area contributed by atoms with Crippen molar-refractivity contribution in [3.8, 4) is 0 Å². The molecular formula is C14H25NO4. The minimum absolute atomic E-state index is 0.0768. The maximum atomic E-state index is 12.3. The van der Waals surface area contributed by atoms with Gasteiger partial charge in [-0.05, 0) is 40.0 Å². The molecule has 1 saturated heterocycles. The quantitative estimate of drug-likeness (QED) is 0.779. The Kier molecular flexibility index (Phi) is 4.61. The Morgan fingerprint density at radius 2 is 1.89 bits per heavy atom. The zero-order valence-corrected chi connectivity index (χ0v) is 12.7. The van der Waals surface area contributed by atoms with Gasteiger partial charge in [0, 0.05) is 0 Å². The summed E-state index contributed by atoms with van der Waals surface area (Å²) in [6, 6.07) is -0.553. The van der Waals surface area contributed by atoms with E-state index in [0.29, 0.717) is 18.9 Å². The molecule has 0 aromatic rings. The van der Waals surface area contributed by atoms with E-state index >= 15 is 0 Å². The largest absolute Gasteiger partial charge is 0.444 e. The highest BCUT2D eigenvalue weighted by molar-refractivity contribution is 5.95. The molecule has 0 radical (unpaired) electrons. The van der Waals surface area contributed by atoms with Crippen LogP contribution < -0.4 is 5.32 Å². The molecule has 5 nitrogen and oxygen atoms in total. The molecular weight excluding hydrogens is 246 g/mol. The zero-order valence-electron chi connectivity index (χ0n) is 12.7. The molecule has 0 unspecified atom stereocenters. The van der Waals surface area contributed by atoms with Crippen LogP contribution in [-0.2, 0) is 14.3 Å². The van der Waals surface area contributed by atoms with Gasteiger partial charge >= 0.3 is 6.09 Å². The van der Waals surface area contributed by atoms with Crippen LogP contribution in [0.25, 0.3) is 0 Å². The molecule has 0 aromatic carbocycles. The minimum atomic E-state index is -0.728. The van der Waals surface area contributed by atoms with Crippen LogP contribution in [0, 0.1) is 5.92 Å². The SMILES string of the molecule is CC(C)C[C@H](NC(=O)OC(C)(C)C)C(=O)[C@]1(C)CO1. The van der Waals surface area contributed by atoms with Crippen LogP contribution in [0.3, 0.4) is 0 Å². The Morgan fingerprint density at radius 3 is 2.26 bits per heavy atom. The number of carbonyl (C=O) groups excluding carboxylic acids is 2. The summed E-state index contributed by atoms with van der Waals surface area (Å²) in [6.07, 6.45) is 0.0209. The first kappa shape index (κ1) is 16.0. The van der Waals surface area contributed by atoms with Gasteiger partial charge < -0.3 is 14.8 Å². The van der Waals surface area contributed by atoms with Crippen LogP contribution in [-0.4, -0.2) is 35.7 Å². The van der Waals surface area contributed by atoms with Gasteiger partial charge in [0.15, 0.2) is 5.78 Å². The molecule has 5 heteroatoms. The van der Waals surface area contributed by atoms with E-state index < -0.39 is 23.3 Å². The van der Waals surface area contributed by atoms with Crippen molar-refractivity contribution in [2.24, 2.45) is 5.92 Å². The van der Waals surface area contributed by atoms with E-state index in [2.05, 4.69) is 5.32 Å². The molecule has 19 heavy (non-hydrogen) atoms. The molecule has 0 saturated carbocycles. The van der Waals surface area contributed by atoms with Crippen LogP contribution >= 0.6 is 0 Å². The summed E-state index contributed by atoms with van der Waals surface area (Å²) in [6.45, 7) is 11.6. The van der Waals surface area contributed by atoms with E-state index in [-0.39, 0.29) is 5.78 Å². The minimum Gasteiger partial charge on any atom is -0.444 e. The summed E-state index contributed by atoms with van der Waals surface area (Å²) in [5.74, 6) is 0.221. The second-order valence-electron chi connectivity index (χ2n) is 6.71. The molecule has 1 aliphatic rings. The predicted molar refractivity (Wildman–Crippen MR) is 72.0 cm³/mol. The van der Waals surface area contributed by atoms with Crippen molar-refractivity contribution in [1.29, 1.82) is 0 Å². The van der Waals surface area contributed by atoms with Crippen molar-refractivity contribution in [2.75, 3.05) is 6.61 Å². The van der Waals surface area contributed by atoms with Crippen molar-refractivity contribution in [1.82, 2.24) is 5.32 Å². The van der Waals surface area contributed by atoms with Gasteiger partial charge in [0.2, 0.25) is 0 Å². The van der Waals surface area contributed by atoms with Crippen LogP contribution in [0.4, 0.5) is 4.79 Å². The number of rotatable bonds is 5. The molecule has 0 aliphatic carbocycles. The summed E-state index contributed by atoms with van der Waals surface area (Å²) in [7, 11) is 0. The third-order valence-corrected chi connectivity index (χ3v) is 2.81. The van der Waals surface area contributed by atoms with Gasteiger partial charge in [-0.1, -0.05) is 13.8 Å². The van der Waals surface area contributed by atoms with E-state index in [1.807, 2.05) is 13.8 Å². The van der Waals surface area contributed by atoms with Gasteiger partial charge in [0.1, 0.15) is 11.2 Å². The van der Waals surface area contributed by atoms with E-state index in [1.165, 1.54) is 0 Å². The maximum Gasteiger partial charge on any atom is 0.408 e. The van der Waals surface area contributed by atoms with E-state index in [4.69, 9.17) is 9.47 Å².